The molecule has 0 bridgehead atoms. The summed E-state index contributed by atoms with van der Waals surface area (Å²) in [5.74, 6) is 0. The molecule has 0 rings (SSSR count). The first-order valence-corrected chi connectivity index (χ1v) is 4.64. The number of allylic oxidation sites excluding steroid dienone is 1. The molecular weight excluding hydrogens is 237 g/mol. The minimum Gasteiger partial charge on any atom is -0.366 e. The second kappa shape index (κ2) is 5.77. The lowest BCUT2D eigenvalue weighted by Crippen LogP contribution is -2.07. The summed E-state index contributed by atoms with van der Waals surface area (Å²) >= 11 is 2.43. The molecule has 0 aromatic rings. The Morgan fingerprint density at radius 2 is 2.40 bits per heavy atom. The molecule has 2 heteroatoms. The first kappa shape index (κ1) is 10.0. The zero-order valence-electron chi connectivity index (χ0n) is 6.36. The lowest BCUT2D eigenvalue weighted by molar-refractivity contribution is 0.800. The van der Waals surface area contributed by atoms with Crippen molar-refractivity contribution in [3.8, 4) is 0 Å². The molecule has 0 aliphatic carbocycles. The molecule has 0 fully saturated rings. The van der Waals surface area contributed by atoms with Gasteiger partial charge >= 0.3 is 0 Å². The van der Waals surface area contributed by atoms with Crippen molar-refractivity contribution >= 4 is 22.6 Å². The molecule has 1 N–H and O–H groups in total. The van der Waals surface area contributed by atoms with Crippen LogP contribution in [-0.2, 0) is 0 Å². The highest BCUT2D eigenvalue weighted by Gasteiger charge is 2.00. The summed E-state index contributed by atoms with van der Waals surface area (Å²) in [6.45, 7) is 9.58. The molecule has 1 atom stereocenters. The maximum absolute atomic E-state index is 3.85. The average Bonchev–Trinajstić information content (AvgIpc) is 1.88. The lowest BCUT2D eigenvalue weighted by Gasteiger charge is -2.08. The van der Waals surface area contributed by atoms with E-state index >= 15 is 0 Å². The predicted molar refractivity (Wildman–Crippen MR) is 55.2 cm³/mol. The molecule has 0 radical (unpaired) electrons. The van der Waals surface area contributed by atoms with Gasteiger partial charge in [-0.2, -0.15) is 0 Å². The zero-order valence-corrected chi connectivity index (χ0v) is 8.52. The molecule has 1 nitrogen and oxygen atoms in total. The lowest BCUT2D eigenvalue weighted by atomic mass is 10.2. The minimum absolute atomic E-state index is 0.692. The molecule has 0 heterocycles. The molecule has 0 saturated heterocycles. The van der Waals surface area contributed by atoms with E-state index < -0.39 is 0 Å². The number of alkyl halides is 1. The Bertz CT molecular complexity index is 120. The van der Waals surface area contributed by atoms with Gasteiger partial charge in [0.25, 0.3) is 0 Å². The highest BCUT2D eigenvalue weighted by Crippen LogP contribution is 2.13. The Morgan fingerprint density at radius 1 is 1.80 bits per heavy atom. The maximum atomic E-state index is 3.85. The molecular formula is C8H14IN. The fourth-order valence-corrected chi connectivity index (χ4v) is 1.15. The van der Waals surface area contributed by atoms with Crippen LogP contribution in [0.4, 0.5) is 0 Å². The van der Waals surface area contributed by atoms with Gasteiger partial charge in [0.1, 0.15) is 0 Å². The van der Waals surface area contributed by atoms with Gasteiger partial charge in [0.15, 0.2) is 0 Å². The fraction of sp³-hybridized carbons (Fsp3) is 0.500. The summed E-state index contributed by atoms with van der Waals surface area (Å²) in [6, 6.07) is 0. The van der Waals surface area contributed by atoms with Crippen LogP contribution in [0.3, 0.4) is 0 Å². The quantitative estimate of drug-likeness (QED) is 0.585. The molecule has 0 aliphatic rings. The van der Waals surface area contributed by atoms with E-state index in [0.29, 0.717) is 3.92 Å². The topological polar surface area (TPSA) is 12.0 Å². The van der Waals surface area contributed by atoms with Crippen molar-refractivity contribution in [2.24, 2.45) is 0 Å². The summed E-state index contributed by atoms with van der Waals surface area (Å²) in [5, 5.41) is 2.98. The monoisotopic (exact) mass is 251 g/mol. The van der Waals surface area contributed by atoms with Crippen molar-refractivity contribution in [3.63, 3.8) is 0 Å². The second-order valence-corrected chi connectivity index (χ2v) is 3.92. The molecule has 0 spiro atoms. The average molecular weight is 251 g/mol. The first-order chi connectivity index (χ1) is 4.70. The van der Waals surface area contributed by atoms with Gasteiger partial charge < -0.3 is 5.32 Å². The number of hydrogen-bond donors (Lipinski definition) is 1. The van der Waals surface area contributed by atoms with Crippen LogP contribution in [0.5, 0.6) is 0 Å². The highest BCUT2D eigenvalue weighted by atomic mass is 127. The third kappa shape index (κ3) is 4.85. The smallest absolute Gasteiger partial charge is 0.0161 e. The Kier molecular flexibility index (Phi) is 5.78. The van der Waals surface area contributed by atoms with Gasteiger partial charge in [-0.1, -0.05) is 42.7 Å². The van der Waals surface area contributed by atoms with E-state index in [-0.39, 0.29) is 0 Å². The predicted octanol–water partition coefficient (Wildman–Crippen LogP) is 2.84. The van der Waals surface area contributed by atoms with Gasteiger partial charge in [-0.15, -0.1) is 0 Å². The van der Waals surface area contributed by atoms with Crippen LogP contribution in [0.2, 0.25) is 0 Å². The number of rotatable bonds is 5. The highest BCUT2D eigenvalue weighted by molar-refractivity contribution is 14.1. The second-order valence-electron chi connectivity index (χ2n) is 2.16. The van der Waals surface area contributed by atoms with Crippen LogP contribution >= 0.6 is 22.6 Å². The molecule has 0 saturated carbocycles. The summed E-state index contributed by atoms with van der Waals surface area (Å²) in [5.41, 5.74) is 1.05. The van der Waals surface area contributed by atoms with E-state index in [1.54, 1.807) is 6.20 Å². The molecule has 0 aromatic heterocycles. The number of halogens is 1. The standard InChI is InChI=1S/C8H14IN/c1-4-8(9)6-7(3)10-5-2/h5,8,10H,2-4,6H2,1H3. The summed E-state index contributed by atoms with van der Waals surface area (Å²) in [6.07, 6.45) is 3.89. The van der Waals surface area contributed by atoms with E-state index in [4.69, 9.17) is 0 Å². The van der Waals surface area contributed by atoms with Crippen LogP contribution in [0.15, 0.2) is 25.1 Å². The Morgan fingerprint density at radius 3 is 2.80 bits per heavy atom. The van der Waals surface area contributed by atoms with Crippen molar-refractivity contribution in [2.75, 3.05) is 0 Å². The van der Waals surface area contributed by atoms with E-state index in [0.717, 1.165) is 12.1 Å². The SMILES string of the molecule is C=CNC(=C)CC(I)CC. The third-order valence-corrected chi connectivity index (χ3v) is 2.54. The van der Waals surface area contributed by atoms with Crippen LogP contribution in [0.25, 0.3) is 0 Å². The van der Waals surface area contributed by atoms with Crippen molar-refractivity contribution in [2.45, 2.75) is 23.7 Å². The van der Waals surface area contributed by atoms with Gasteiger partial charge in [0.2, 0.25) is 0 Å². The van der Waals surface area contributed by atoms with Crippen molar-refractivity contribution in [1.29, 1.82) is 0 Å². The van der Waals surface area contributed by atoms with E-state index in [1.165, 1.54) is 6.42 Å². The van der Waals surface area contributed by atoms with Crippen LogP contribution in [0, 0.1) is 0 Å². The molecule has 0 aromatic carbocycles. The molecule has 58 valence electrons. The zero-order chi connectivity index (χ0) is 7.98. The molecule has 0 aliphatic heterocycles. The molecule has 0 amide bonds. The molecule has 1 unspecified atom stereocenters. The van der Waals surface area contributed by atoms with Crippen molar-refractivity contribution in [3.05, 3.63) is 25.1 Å². The first-order valence-electron chi connectivity index (χ1n) is 3.40. The molecule has 10 heavy (non-hydrogen) atoms. The van der Waals surface area contributed by atoms with Crippen molar-refractivity contribution < 1.29 is 0 Å². The Labute approximate surface area is 76.7 Å². The van der Waals surface area contributed by atoms with Gasteiger partial charge in [-0.25, -0.2) is 0 Å². The van der Waals surface area contributed by atoms with Crippen LogP contribution in [0.1, 0.15) is 19.8 Å². The summed E-state index contributed by atoms with van der Waals surface area (Å²) < 4.78 is 0.692. The van der Waals surface area contributed by atoms with Gasteiger partial charge in [-0.3, -0.25) is 0 Å². The summed E-state index contributed by atoms with van der Waals surface area (Å²) in [7, 11) is 0. The Hall–Kier alpha value is 0.01000. The normalized spacial score (nSPS) is 12.2. The Balaban J connectivity index is 3.46. The van der Waals surface area contributed by atoms with E-state index in [1.807, 2.05) is 0 Å². The van der Waals surface area contributed by atoms with Gasteiger partial charge in [0, 0.05) is 9.62 Å². The largest absolute Gasteiger partial charge is 0.366 e. The van der Waals surface area contributed by atoms with E-state index in [2.05, 4.69) is 48.0 Å². The van der Waals surface area contributed by atoms with Gasteiger partial charge in [-0.05, 0) is 19.0 Å². The fourth-order valence-electron chi connectivity index (χ4n) is 0.615. The van der Waals surface area contributed by atoms with Crippen LogP contribution in [-0.4, -0.2) is 3.92 Å². The third-order valence-electron chi connectivity index (χ3n) is 1.22. The minimum atomic E-state index is 0.692. The van der Waals surface area contributed by atoms with Crippen molar-refractivity contribution in [1.82, 2.24) is 5.32 Å². The summed E-state index contributed by atoms with van der Waals surface area (Å²) in [4.78, 5) is 0. The maximum Gasteiger partial charge on any atom is 0.0161 e. The van der Waals surface area contributed by atoms with E-state index in [9.17, 15) is 0 Å². The number of hydrogen-bond acceptors (Lipinski definition) is 1. The number of nitrogens with one attached hydrogen (secondary N) is 1. The van der Waals surface area contributed by atoms with Crippen LogP contribution < -0.4 is 5.32 Å². The van der Waals surface area contributed by atoms with Gasteiger partial charge in [0.05, 0.1) is 0 Å².